The summed E-state index contributed by atoms with van der Waals surface area (Å²) in [6, 6.07) is 30.8. The van der Waals surface area contributed by atoms with E-state index in [0.29, 0.717) is 6.16 Å². The molecule has 0 radical (unpaired) electrons. The number of rotatable bonds is 4. The fourth-order valence-corrected chi connectivity index (χ4v) is 25.4. The fraction of sp³-hybridized carbons (Fsp3) is 0.185. The van der Waals surface area contributed by atoms with Gasteiger partial charge in [0.2, 0.25) is 0 Å². The van der Waals surface area contributed by atoms with Crippen LogP contribution in [0.3, 0.4) is 0 Å². The number of hydrogen-bond acceptors (Lipinski definition) is 0. The predicted octanol–water partition coefficient (Wildman–Crippen LogP) is 0.481. The molecular formula is C27H26Cl2SiZr. The Labute approximate surface area is 207 Å². The third kappa shape index (κ3) is 4.79. The van der Waals surface area contributed by atoms with E-state index in [1.54, 1.807) is 22.3 Å². The third-order valence-electron chi connectivity index (χ3n) is 6.37. The summed E-state index contributed by atoms with van der Waals surface area (Å²) in [5.74, 6) is 0. The molecule has 2 aliphatic rings. The average molecular weight is 541 g/mol. The van der Waals surface area contributed by atoms with Crippen LogP contribution in [0.25, 0.3) is 12.2 Å². The van der Waals surface area contributed by atoms with Crippen molar-refractivity contribution in [3.63, 3.8) is 0 Å². The van der Waals surface area contributed by atoms with Crippen LogP contribution in [0.1, 0.15) is 48.9 Å². The molecule has 3 aromatic rings. The molecule has 0 aromatic heterocycles. The minimum Gasteiger partial charge on any atom is -1.00 e. The first-order valence-electron chi connectivity index (χ1n) is 10.5. The van der Waals surface area contributed by atoms with Crippen molar-refractivity contribution < 1.29 is 45.2 Å². The van der Waals surface area contributed by atoms with E-state index in [0.717, 1.165) is 7.25 Å². The Bertz CT molecular complexity index is 1100. The standard InChI is InChI=1S/2C10H9.C7H8Si.2ClH.Zr/c2*1-8-6-9-4-2-3-5-10(9)7-8;8-6-7-4-2-1-3-5-7;;;/h2*2-7H,1H3;1-5,8H,6H2;2*1H;/q;;;;;+2/p-2. The summed E-state index contributed by atoms with van der Waals surface area (Å²) in [5, 5.41) is 0. The van der Waals surface area contributed by atoms with Crippen molar-refractivity contribution in [2.45, 2.75) is 27.1 Å². The summed E-state index contributed by atoms with van der Waals surface area (Å²) in [7, 11) is 0. The molecular weight excluding hydrogens is 515 g/mol. The van der Waals surface area contributed by atoms with Crippen molar-refractivity contribution >= 4 is 18.3 Å². The molecule has 0 heterocycles. The van der Waals surface area contributed by atoms with Gasteiger partial charge in [-0.05, 0) is 0 Å². The van der Waals surface area contributed by atoms with Crippen LogP contribution in [0, 0.1) is 0 Å². The smallest absolute Gasteiger partial charge is 1.00 e. The second-order valence-corrected chi connectivity index (χ2v) is 21.4. The zero-order valence-corrected chi connectivity index (χ0v) is 23.0. The van der Waals surface area contributed by atoms with Crippen molar-refractivity contribution in [2.75, 3.05) is 0 Å². The van der Waals surface area contributed by atoms with Gasteiger partial charge in [0.25, 0.3) is 0 Å². The van der Waals surface area contributed by atoms with Gasteiger partial charge in [-0.25, -0.2) is 0 Å². The van der Waals surface area contributed by atoms with E-state index in [4.69, 9.17) is 0 Å². The van der Waals surface area contributed by atoms with Crippen molar-refractivity contribution in [1.82, 2.24) is 0 Å². The van der Waals surface area contributed by atoms with Gasteiger partial charge in [-0.1, -0.05) is 0 Å². The summed E-state index contributed by atoms with van der Waals surface area (Å²) in [6.07, 6.45) is 5.41. The summed E-state index contributed by atoms with van der Waals surface area (Å²) in [4.78, 5) is 0. The topological polar surface area (TPSA) is 0 Å². The van der Waals surface area contributed by atoms with E-state index in [1.165, 1.54) is 22.7 Å². The molecule has 0 saturated carbocycles. The van der Waals surface area contributed by atoms with Crippen molar-refractivity contribution in [1.29, 1.82) is 0 Å². The van der Waals surface area contributed by atoms with Crippen LogP contribution in [-0.2, 0) is 26.4 Å². The molecule has 2 atom stereocenters. The average Bonchev–Trinajstić information content (AvgIpc) is 3.25. The Balaban J connectivity index is 0.00000136. The number of allylic oxidation sites excluding steroid dienone is 2. The van der Waals surface area contributed by atoms with Crippen LogP contribution < -0.4 is 24.8 Å². The monoisotopic (exact) mass is 538 g/mol. The van der Waals surface area contributed by atoms with Crippen molar-refractivity contribution in [3.05, 3.63) is 118 Å². The van der Waals surface area contributed by atoms with E-state index in [-0.39, 0.29) is 24.8 Å². The molecule has 0 fully saturated rings. The Morgan fingerprint density at radius 2 is 1.10 bits per heavy atom. The molecule has 0 N–H and O–H groups in total. The Morgan fingerprint density at radius 3 is 1.61 bits per heavy atom. The molecule has 0 saturated heterocycles. The maximum absolute atomic E-state index is 2.47. The minimum absolute atomic E-state index is 0. The van der Waals surface area contributed by atoms with Gasteiger partial charge in [-0.2, -0.15) is 0 Å². The molecule has 0 spiro atoms. The number of hydrogen-bond donors (Lipinski definition) is 0. The molecule has 5 rings (SSSR count). The van der Waals surface area contributed by atoms with Crippen LogP contribution in [0.5, 0.6) is 0 Å². The first-order valence-corrected chi connectivity index (χ1v) is 19.0. The third-order valence-corrected chi connectivity index (χ3v) is 23.5. The maximum Gasteiger partial charge on any atom is -1.00 e. The van der Waals surface area contributed by atoms with Gasteiger partial charge in [0, 0.05) is 0 Å². The first-order chi connectivity index (χ1) is 14.2. The molecule has 4 heteroatoms. The molecule has 3 aromatic carbocycles. The second-order valence-electron chi connectivity index (χ2n) is 8.29. The van der Waals surface area contributed by atoms with Crippen LogP contribution in [0.4, 0.5) is 0 Å². The van der Waals surface area contributed by atoms with E-state index in [1.807, 2.05) is 0 Å². The predicted molar refractivity (Wildman–Crippen MR) is 123 cm³/mol. The van der Waals surface area contributed by atoms with Crippen molar-refractivity contribution in [2.24, 2.45) is 0 Å². The minimum atomic E-state index is -1.90. The summed E-state index contributed by atoms with van der Waals surface area (Å²) < 4.78 is 1.46. The molecule has 31 heavy (non-hydrogen) atoms. The maximum atomic E-state index is 2.47. The van der Waals surface area contributed by atoms with Gasteiger partial charge >= 0.3 is 184 Å². The van der Waals surface area contributed by atoms with Crippen LogP contribution in [0.15, 0.2) is 90.0 Å². The molecule has 0 aliphatic heterocycles. The van der Waals surface area contributed by atoms with Crippen LogP contribution in [-0.4, -0.2) is 6.16 Å². The van der Waals surface area contributed by atoms with Gasteiger partial charge in [0.15, 0.2) is 0 Å². The van der Waals surface area contributed by atoms with E-state index in [9.17, 15) is 0 Å². The molecule has 0 bridgehead atoms. The van der Waals surface area contributed by atoms with Gasteiger partial charge in [0.05, 0.1) is 0 Å². The van der Waals surface area contributed by atoms with Crippen molar-refractivity contribution in [3.8, 4) is 0 Å². The second kappa shape index (κ2) is 10.6. The Morgan fingerprint density at radius 1 is 0.645 bits per heavy atom. The normalized spacial score (nSPS) is 17.7. The Kier molecular flexibility index (Phi) is 8.38. The summed E-state index contributed by atoms with van der Waals surface area (Å²) in [6.45, 7) is 4.79. The molecule has 156 valence electrons. The quantitative estimate of drug-likeness (QED) is 0.423. The summed E-state index contributed by atoms with van der Waals surface area (Å²) >= 11 is -1.90. The summed E-state index contributed by atoms with van der Waals surface area (Å²) in [5.41, 5.74) is 11.0. The van der Waals surface area contributed by atoms with Gasteiger partial charge in [-0.3, -0.25) is 0 Å². The number of fused-ring (bicyclic) bond motifs is 2. The largest absolute Gasteiger partial charge is 1.00 e. The van der Waals surface area contributed by atoms with Gasteiger partial charge < -0.3 is 24.8 Å². The van der Waals surface area contributed by atoms with E-state index >= 15 is 0 Å². The molecule has 0 nitrogen and oxygen atoms in total. The number of benzene rings is 3. The zero-order valence-electron chi connectivity index (χ0n) is 17.9. The van der Waals surface area contributed by atoms with Crippen LogP contribution >= 0.6 is 0 Å². The fourth-order valence-electron chi connectivity index (χ4n) is 5.10. The molecule has 2 unspecified atom stereocenters. The number of halogens is 2. The van der Waals surface area contributed by atoms with Crippen LogP contribution in [0.2, 0.25) is 0 Å². The van der Waals surface area contributed by atoms with Gasteiger partial charge in [-0.15, -0.1) is 0 Å². The van der Waals surface area contributed by atoms with E-state index in [2.05, 4.69) is 105 Å². The SMILES string of the molecule is CC1=Cc2ccccc2[CH]1[Zr+2](=[SiH]Cc1ccccc1)[CH]1C(C)=Cc2ccccc21.[Cl-].[Cl-]. The zero-order chi connectivity index (χ0) is 19.8. The molecule has 2 aliphatic carbocycles. The van der Waals surface area contributed by atoms with Gasteiger partial charge in [0.1, 0.15) is 0 Å². The van der Waals surface area contributed by atoms with E-state index < -0.39 is 20.4 Å². The Hall–Kier alpha value is -1.18. The molecule has 0 amide bonds. The first kappa shape index (κ1) is 24.5.